The molecule has 4 nitrogen and oxygen atoms in total. The summed E-state index contributed by atoms with van der Waals surface area (Å²) in [6, 6.07) is 47.2. The predicted molar refractivity (Wildman–Crippen MR) is 512 cm³/mol. The Morgan fingerprint density at radius 1 is 0.239 bits per heavy atom. The van der Waals surface area contributed by atoms with Crippen molar-refractivity contribution < 1.29 is 19.0 Å². The first kappa shape index (κ1) is 82.5. The van der Waals surface area contributed by atoms with Crippen molar-refractivity contribution in [3.63, 3.8) is 0 Å². The Labute approximate surface area is 700 Å². The van der Waals surface area contributed by atoms with Crippen LogP contribution in [0.1, 0.15) is 284 Å². The smallest absolute Gasteiger partial charge is 0.306 e. The van der Waals surface area contributed by atoms with E-state index in [4.69, 9.17) is 14.2 Å². The molecule has 0 heterocycles. The minimum Gasteiger partial charge on any atom is -0.495 e. The zero-order valence-electron chi connectivity index (χ0n) is 74.9. The van der Waals surface area contributed by atoms with Gasteiger partial charge < -0.3 is 14.2 Å². The summed E-state index contributed by atoms with van der Waals surface area (Å²) >= 11 is 0. The molecule has 0 saturated carbocycles. The number of hydrogen-bond acceptors (Lipinski definition) is 4. The largest absolute Gasteiger partial charge is 0.495 e. The first-order valence-electron chi connectivity index (χ1n) is 47.0. The maximum Gasteiger partial charge on any atom is 0.306 e. The second kappa shape index (κ2) is 35.2. The van der Waals surface area contributed by atoms with Crippen LogP contribution in [-0.2, 0) is 54.7 Å². The molecule has 5 unspecified atom stereocenters. The summed E-state index contributed by atoms with van der Waals surface area (Å²) in [5, 5.41) is 39.0. The first-order valence-corrected chi connectivity index (χ1v) is 47.0. The van der Waals surface area contributed by atoms with Crippen LogP contribution in [0.5, 0.6) is 11.5 Å². The van der Waals surface area contributed by atoms with Crippen molar-refractivity contribution in [2.24, 2.45) is 59.2 Å². The van der Waals surface area contributed by atoms with E-state index in [2.05, 4.69) is 207 Å². The molecular formula is C113H138O4. The van der Waals surface area contributed by atoms with Crippen LogP contribution in [-0.4, -0.2) is 20.2 Å². The van der Waals surface area contributed by atoms with Gasteiger partial charge in [-0.3, -0.25) is 4.79 Å². The lowest BCUT2D eigenvalue weighted by molar-refractivity contribution is -0.145. The number of rotatable bonds is 43. The van der Waals surface area contributed by atoms with Gasteiger partial charge in [0, 0.05) is 28.0 Å². The SMILES string of the molecule is COc1c2ccccc2c(OC)c2cc(COC(=O)CCCc3cc4c5cc(CCC(C)CCCC(C)C)cc6c7cc(CCC(C)CCCC(C)C)cc8c9cc(CCC(C)CCCC(C)C)cc%10c%11cc(CCC(C)CCCC(C)C)cc%12c%13cc(CCC(C)CCCC(C)C)cc%14c(c3)c4c3c(c56)c(c78)c(c9%10)c(c%12%11)c3c%14%13)ccc12. The molecular weight excluding hydrogens is 1420 g/mol. The van der Waals surface area contributed by atoms with Crippen molar-refractivity contribution in [1.29, 1.82) is 0 Å². The fourth-order valence-electron chi connectivity index (χ4n) is 22.0. The minimum absolute atomic E-state index is 0.172. The Kier molecular flexibility index (Phi) is 24.8. The summed E-state index contributed by atoms with van der Waals surface area (Å²) in [6.07, 6.45) is 32.4. The van der Waals surface area contributed by atoms with Crippen LogP contribution in [0.3, 0.4) is 0 Å². The van der Waals surface area contributed by atoms with Gasteiger partial charge in [-0.25, -0.2) is 0 Å². The van der Waals surface area contributed by atoms with Gasteiger partial charge in [0.1, 0.15) is 18.1 Å². The van der Waals surface area contributed by atoms with E-state index in [1.54, 1.807) is 14.2 Å². The number of ether oxygens (including phenoxy) is 3. The van der Waals surface area contributed by atoms with Crippen LogP contribution in [0.15, 0.2) is 115 Å². The molecule has 4 heteroatoms. The number of aryl methyl sites for hydroxylation is 6. The first-order chi connectivity index (χ1) is 56.5. The number of carbonyl (C=O) groups is 1. The summed E-state index contributed by atoms with van der Waals surface area (Å²) < 4.78 is 18.5. The molecule has 0 aromatic heterocycles. The number of fused-ring (bicyclic) bond motifs is 8. The lowest BCUT2D eigenvalue weighted by atomic mass is 9.72. The molecule has 0 spiro atoms. The molecule has 0 aliphatic heterocycles. The average Bonchev–Trinajstić information content (AvgIpc) is 0.641. The fraction of sp³-hybridized carbons (Fsp3) is 0.496. The summed E-state index contributed by atoms with van der Waals surface area (Å²) in [5.74, 6) is 8.29. The lowest BCUT2D eigenvalue weighted by Gasteiger charge is -2.30. The normalized spacial score (nSPS) is 14.2. The van der Waals surface area contributed by atoms with Crippen LogP contribution in [0.2, 0.25) is 0 Å². The van der Waals surface area contributed by atoms with E-state index >= 15 is 0 Å². The zero-order chi connectivity index (χ0) is 81.8. The third-order valence-electron chi connectivity index (χ3n) is 28.6. The van der Waals surface area contributed by atoms with E-state index in [1.165, 1.54) is 291 Å². The molecule has 0 aliphatic rings. The van der Waals surface area contributed by atoms with E-state index in [1.807, 2.05) is 12.1 Å². The van der Waals surface area contributed by atoms with Crippen molar-refractivity contribution in [2.45, 2.75) is 290 Å². The minimum atomic E-state index is -0.172. The van der Waals surface area contributed by atoms with E-state index in [0.29, 0.717) is 42.4 Å². The summed E-state index contributed by atoms with van der Waals surface area (Å²) in [5.41, 5.74) is 9.65. The van der Waals surface area contributed by atoms with Gasteiger partial charge >= 0.3 is 5.97 Å². The predicted octanol–water partition coefficient (Wildman–Crippen LogP) is 33.5. The second-order valence-corrected chi connectivity index (χ2v) is 40.5. The molecule has 0 bridgehead atoms. The Bertz CT molecular complexity index is 5850. The van der Waals surface area contributed by atoms with Gasteiger partial charge in [-0.05, 0) is 311 Å². The van der Waals surface area contributed by atoms with E-state index in [9.17, 15) is 4.79 Å². The molecule has 16 aromatic carbocycles. The standard InChI is InChI=1S/C113H138O4/c1-66(2)26-20-31-71(11)40-45-77-54-88-86-52-76(36-25-39-99(114)117-65-82-50-51-85-98(64-82)113(116-17)84-38-19-18-37-83(84)112(85)115-16)53-87-89-55-78(46-41-72(12)32-21-27-67(3)4)57-91-93-59-80(48-43-74(14)34-23-29-69(7)8)61-95-97-63-81(49-44-75(15)35-24-30-70(9)10)62-96-94-60-79(47-42-73(13)33-22-28-68(5)6)58-92-90(56-77)101(88)107-106(100(86)87)108(102(89)91)110(104(93)95)111(105(96)97)109(107)103(92)94/h18-19,37-38,50-64,66-75H,20-36,39-49,65H2,1-17H3. The topological polar surface area (TPSA) is 44.8 Å². The molecule has 16 aromatic rings. The Balaban J connectivity index is 0.941. The molecule has 0 saturated heterocycles. The van der Waals surface area contributed by atoms with Gasteiger partial charge in [-0.15, -0.1) is 0 Å². The van der Waals surface area contributed by atoms with E-state index < -0.39 is 0 Å². The lowest BCUT2D eigenvalue weighted by Crippen LogP contribution is -2.05. The molecule has 0 radical (unpaired) electrons. The second-order valence-electron chi connectivity index (χ2n) is 40.5. The summed E-state index contributed by atoms with van der Waals surface area (Å²) in [6.45, 7) is 36.8. The van der Waals surface area contributed by atoms with E-state index in [0.717, 1.165) is 107 Å². The molecule has 16 rings (SSSR count). The Hall–Kier alpha value is -8.21. The third kappa shape index (κ3) is 16.6. The van der Waals surface area contributed by atoms with Crippen LogP contribution < -0.4 is 9.47 Å². The van der Waals surface area contributed by atoms with Gasteiger partial charge in [-0.2, -0.15) is 0 Å². The van der Waals surface area contributed by atoms with Crippen LogP contribution >= 0.6 is 0 Å². The highest BCUT2D eigenvalue weighted by atomic mass is 16.5. The number of methoxy groups -OCH3 is 2. The van der Waals surface area contributed by atoms with Crippen molar-refractivity contribution in [3.05, 3.63) is 154 Å². The quantitative estimate of drug-likeness (QED) is 0.0217. The zero-order valence-corrected chi connectivity index (χ0v) is 74.9. The molecule has 117 heavy (non-hydrogen) atoms. The molecule has 0 fully saturated rings. The highest BCUT2D eigenvalue weighted by Gasteiger charge is 2.34. The van der Waals surface area contributed by atoms with Gasteiger partial charge in [0.15, 0.2) is 0 Å². The molecule has 5 atom stereocenters. The van der Waals surface area contributed by atoms with Crippen LogP contribution in [0, 0.1) is 59.2 Å². The highest BCUT2D eigenvalue weighted by Crippen LogP contribution is 2.62. The monoisotopic (exact) mass is 1560 g/mol. The van der Waals surface area contributed by atoms with Gasteiger partial charge in [0.25, 0.3) is 0 Å². The number of esters is 1. The van der Waals surface area contributed by atoms with Gasteiger partial charge in [-0.1, -0.05) is 309 Å². The maximum atomic E-state index is 14.4. The van der Waals surface area contributed by atoms with E-state index in [-0.39, 0.29) is 12.6 Å². The van der Waals surface area contributed by atoms with Crippen LogP contribution in [0.25, 0.3) is 151 Å². The third-order valence-corrected chi connectivity index (χ3v) is 28.6. The number of carbonyl (C=O) groups excluding carboxylic acids is 1. The summed E-state index contributed by atoms with van der Waals surface area (Å²) in [7, 11) is 3.47. The number of hydrogen-bond donors (Lipinski definition) is 0. The van der Waals surface area contributed by atoms with Crippen molar-refractivity contribution in [1.82, 2.24) is 0 Å². The number of benzene rings is 16. The summed E-state index contributed by atoms with van der Waals surface area (Å²) in [4.78, 5) is 14.4. The molecule has 0 N–H and O–H groups in total. The fourth-order valence-corrected chi connectivity index (χ4v) is 22.0. The highest BCUT2D eigenvalue weighted by molar-refractivity contribution is 6.61. The van der Waals surface area contributed by atoms with Gasteiger partial charge in [0.05, 0.1) is 14.2 Å². The average molecular weight is 1560 g/mol. The Morgan fingerprint density at radius 3 is 0.718 bits per heavy atom. The molecule has 614 valence electrons. The van der Waals surface area contributed by atoms with Crippen LogP contribution in [0.4, 0.5) is 0 Å². The van der Waals surface area contributed by atoms with Crippen molar-refractivity contribution in [3.8, 4) is 11.5 Å². The Morgan fingerprint density at radius 2 is 0.470 bits per heavy atom. The van der Waals surface area contributed by atoms with Crippen molar-refractivity contribution in [2.75, 3.05) is 14.2 Å². The molecule has 0 amide bonds. The van der Waals surface area contributed by atoms with Gasteiger partial charge in [0.2, 0.25) is 0 Å². The molecule has 0 aliphatic carbocycles. The van der Waals surface area contributed by atoms with Crippen molar-refractivity contribution >= 4 is 157 Å². The maximum absolute atomic E-state index is 14.4.